The first kappa shape index (κ1) is 26.3. The van der Waals surface area contributed by atoms with E-state index in [1.54, 1.807) is 26.2 Å². The van der Waals surface area contributed by atoms with Gasteiger partial charge in [-0.1, -0.05) is 27.7 Å². The third-order valence-electron chi connectivity index (χ3n) is 5.33. The van der Waals surface area contributed by atoms with Gasteiger partial charge in [0.15, 0.2) is 6.61 Å². The van der Waals surface area contributed by atoms with Crippen molar-refractivity contribution in [1.29, 1.82) is 0 Å². The number of anilines is 1. The summed E-state index contributed by atoms with van der Waals surface area (Å²) in [7, 11) is 0. The second kappa shape index (κ2) is 11.3. The van der Waals surface area contributed by atoms with Gasteiger partial charge in [-0.2, -0.15) is 0 Å². The molecule has 4 amide bonds. The lowest BCUT2D eigenvalue weighted by Gasteiger charge is -2.22. The Kier molecular flexibility index (Phi) is 8.98. The van der Waals surface area contributed by atoms with Crippen molar-refractivity contribution in [2.24, 2.45) is 5.92 Å². The van der Waals surface area contributed by atoms with Crippen LogP contribution in [0.4, 0.5) is 9.80 Å². The number of carbonyl (C=O) groups excluding carboxylic acids is 5. The predicted molar refractivity (Wildman–Crippen MR) is 122 cm³/mol. The largest absolute Gasteiger partial charge is 0.462 e. The molecule has 0 unspecified atom stereocenters. The lowest BCUT2D eigenvalue weighted by atomic mass is 9.93. The number of imide groups is 1. The number of amides is 4. The van der Waals surface area contributed by atoms with Gasteiger partial charge in [-0.25, -0.2) is 9.59 Å². The zero-order valence-corrected chi connectivity index (χ0v) is 20.4. The van der Waals surface area contributed by atoms with Crippen molar-refractivity contribution in [3.63, 3.8) is 0 Å². The lowest BCUT2D eigenvalue weighted by Crippen LogP contribution is -2.46. The van der Waals surface area contributed by atoms with E-state index in [1.165, 1.54) is 11.3 Å². The van der Waals surface area contributed by atoms with Gasteiger partial charge in [0.05, 0.1) is 12.2 Å². The van der Waals surface area contributed by atoms with Crippen molar-refractivity contribution in [2.75, 3.05) is 25.1 Å². The monoisotopic (exact) mass is 481 g/mol. The highest BCUT2D eigenvalue weighted by atomic mass is 32.1. The number of hydrogen-bond acceptors (Lipinski definition) is 8. The first-order chi connectivity index (χ1) is 15.6. The van der Waals surface area contributed by atoms with Crippen molar-refractivity contribution in [1.82, 2.24) is 10.2 Å². The number of carbonyl (C=O) groups is 5. The average molecular weight is 482 g/mol. The summed E-state index contributed by atoms with van der Waals surface area (Å²) in [6.07, 6.45) is 1.42. The van der Waals surface area contributed by atoms with E-state index in [4.69, 9.17) is 9.47 Å². The minimum Gasteiger partial charge on any atom is -0.462 e. The Bertz CT molecular complexity index is 921. The molecular formula is C22H31N3O7S. The molecule has 0 radical (unpaired) electrons. The molecule has 2 rings (SSSR count). The van der Waals surface area contributed by atoms with Crippen LogP contribution in [0.25, 0.3) is 0 Å². The van der Waals surface area contributed by atoms with Crippen molar-refractivity contribution < 1.29 is 33.4 Å². The second-order valence-electron chi connectivity index (χ2n) is 8.10. The van der Waals surface area contributed by atoms with Gasteiger partial charge in [0.25, 0.3) is 11.8 Å². The second-order valence-corrected chi connectivity index (χ2v) is 8.98. The first-order valence-corrected chi connectivity index (χ1v) is 11.8. The molecular weight excluding hydrogens is 450 g/mol. The van der Waals surface area contributed by atoms with E-state index in [9.17, 15) is 24.0 Å². The van der Waals surface area contributed by atoms with Crippen LogP contribution in [0.5, 0.6) is 0 Å². The van der Waals surface area contributed by atoms with Gasteiger partial charge in [0.2, 0.25) is 0 Å². The molecule has 0 atom stereocenters. The Morgan fingerprint density at radius 3 is 2.36 bits per heavy atom. The third-order valence-corrected chi connectivity index (χ3v) is 6.28. The summed E-state index contributed by atoms with van der Waals surface area (Å²) in [6, 6.07) is -0.666. The van der Waals surface area contributed by atoms with Crippen molar-refractivity contribution in [3.8, 4) is 0 Å². The summed E-state index contributed by atoms with van der Waals surface area (Å²) in [5, 5.41) is 7.31. The van der Waals surface area contributed by atoms with Gasteiger partial charge in [-0.3, -0.25) is 19.3 Å². The molecule has 1 fully saturated rings. The predicted octanol–water partition coefficient (Wildman–Crippen LogP) is 2.72. The fraction of sp³-hybridized carbons (Fsp3) is 0.591. The number of ether oxygens (including phenoxy) is 2. The standard InChI is InChI=1S/C22H31N3O7S/c1-6-22(7-2)20(29)25(21(30)24-22)10-16(27)32-11-15(26)23-18-17(19(28)31-8-3)14(12-33-18)9-13(4)5/h12-13H,6-11H2,1-5H3,(H,23,26)(H,24,30). The van der Waals surface area contributed by atoms with Gasteiger partial charge in [0.1, 0.15) is 17.1 Å². The molecule has 1 aliphatic heterocycles. The van der Waals surface area contributed by atoms with E-state index in [1.807, 2.05) is 13.8 Å². The minimum absolute atomic E-state index is 0.195. The van der Waals surface area contributed by atoms with Crippen LogP contribution in [0, 0.1) is 5.92 Å². The topological polar surface area (TPSA) is 131 Å². The summed E-state index contributed by atoms with van der Waals surface area (Å²) in [6.45, 7) is 8.24. The van der Waals surface area contributed by atoms with Gasteiger partial charge in [-0.05, 0) is 43.0 Å². The maximum atomic E-state index is 12.6. The Hall–Kier alpha value is -2.95. The molecule has 1 aromatic rings. The molecule has 1 saturated heterocycles. The van der Waals surface area contributed by atoms with Crippen molar-refractivity contribution >= 4 is 46.1 Å². The molecule has 0 aromatic carbocycles. The van der Waals surface area contributed by atoms with Gasteiger partial charge in [-0.15, -0.1) is 11.3 Å². The number of nitrogens with zero attached hydrogens (tertiary/aromatic N) is 1. The molecule has 1 aromatic heterocycles. The van der Waals surface area contributed by atoms with Gasteiger partial charge < -0.3 is 20.1 Å². The molecule has 2 N–H and O–H groups in total. The molecule has 2 heterocycles. The summed E-state index contributed by atoms with van der Waals surface area (Å²) in [5.74, 6) is -2.28. The van der Waals surface area contributed by atoms with Crippen LogP contribution >= 0.6 is 11.3 Å². The fourth-order valence-corrected chi connectivity index (χ4v) is 4.51. The van der Waals surface area contributed by atoms with Gasteiger partial charge >= 0.3 is 18.0 Å². The smallest absolute Gasteiger partial charge is 0.341 e. The molecule has 0 saturated carbocycles. The Balaban J connectivity index is 1.98. The van der Waals surface area contributed by atoms with Crippen LogP contribution in [0.15, 0.2) is 5.38 Å². The molecule has 11 heteroatoms. The third kappa shape index (κ3) is 6.10. The first-order valence-electron chi connectivity index (χ1n) is 11.0. The van der Waals surface area contributed by atoms with E-state index in [2.05, 4.69) is 10.6 Å². The number of thiophene rings is 1. The summed E-state index contributed by atoms with van der Waals surface area (Å²) < 4.78 is 10.1. The van der Waals surface area contributed by atoms with Crippen LogP contribution in [-0.4, -0.2) is 60.0 Å². The lowest BCUT2D eigenvalue weighted by molar-refractivity contribution is -0.150. The van der Waals surface area contributed by atoms with Gasteiger partial charge in [0, 0.05) is 0 Å². The zero-order chi connectivity index (χ0) is 24.8. The quantitative estimate of drug-likeness (QED) is 0.367. The zero-order valence-electron chi connectivity index (χ0n) is 19.6. The summed E-state index contributed by atoms with van der Waals surface area (Å²) >= 11 is 1.19. The van der Waals surface area contributed by atoms with Crippen LogP contribution in [0.2, 0.25) is 0 Å². The molecule has 0 spiro atoms. The number of rotatable bonds is 11. The van der Waals surface area contributed by atoms with E-state index in [-0.39, 0.29) is 6.61 Å². The fourth-order valence-electron chi connectivity index (χ4n) is 3.54. The molecule has 182 valence electrons. The Morgan fingerprint density at radius 1 is 1.15 bits per heavy atom. The number of urea groups is 1. The van der Waals surface area contributed by atoms with Crippen LogP contribution < -0.4 is 10.6 Å². The van der Waals surface area contributed by atoms with Crippen LogP contribution in [0.1, 0.15) is 63.4 Å². The molecule has 33 heavy (non-hydrogen) atoms. The highest BCUT2D eigenvalue weighted by molar-refractivity contribution is 7.15. The maximum absolute atomic E-state index is 12.6. The highest BCUT2D eigenvalue weighted by Gasteiger charge is 2.49. The van der Waals surface area contributed by atoms with Crippen LogP contribution in [0.3, 0.4) is 0 Å². The van der Waals surface area contributed by atoms with Crippen molar-refractivity contribution in [2.45, 2.75) is 59.4 Å². The number of hydrogen-bond donors (Lipinski definition) is 2. The average Bonchev–Trinajstić information content (AvgIpc) is 3.25. The van der Waals surface area contributed by atoms with E-state index in [0.29, 0.717) is 35.7 Å². The molecule has 10 nitrogen and oxygen atoms in total. The van der Waals surface area contributed by atoms with E-state index in [0.717, 1.165) is 10.5 Å². The van der Waals surface area contributed by atoms with E-state index < -0.39 is 48.5 Å². The summed E-state index contributed by atoms with van der Waals surface area (Å²) in [4.78, 5) is 62.4. The highest BCUT2D eigenvalue weighted by Crippen LogP contribution is 2.31. The number of nitrogens with one attached hydrogen (secondary N) is 2. The molecule has 1 aliphatic rings. The molecule has 0 aliphatic carbocycles. The normalized spacial score (nSPS) is 14.9. The minimum atomic E-state index is -1.02. The SMILES string of the molecule is CCOC(=O)c1c(CC(C)C)csc1NC(=O)COC(=O)CN1C(=O)NC(CC)(CC)C1=O. The number of esters is 2. The Labute approximate surface area is 197 Å². The Morgan fingerprint density at radius 2 is 1.82 bits per heavy atom. The van der Waals surface area contributed by atoms with Crippen LogP contribution in [-0.2, 0) is 30.3 Å². The van der Waals surface area contributed by atoms with E-state index >= 15 is 0 Å². The molecule has 0 bridgehead atoms. The summed E-state index contributed by atoms with van der Waals surface area (Å²) in [5.41, 5.74) is 0.0464. The van der Waals surface area contributed by atoms with Crippen molar-refractivity contribution in [3.05, 3.63) is 16.5 Å². The maximum Gasteiger partial charge on any atom is 0.341 e.